The number of nitrogens with zero attached hydrogens (tertiary/aromatic N) is 2. The normalized spacial score (nSPS) is 17.1. The number of hydrogen-bond acceptors (Lipinski definition) is 5. The first-order valence-corrected chi connectivity index (χ1v) is 13.0. The highest BCUT2D eigenvalue weighted by molar-refractivity contribution is 6.30. The predicted octanol–water partition coefficient (Wildman–Crippen LogP) is 5.10. The average molecular weight is 557 g/mol. The van der Waals surface area contributed by atoms with Crippen molar-refractivity contribution in [2.24, 2.45) is 0 Å². The lowest BCUT2D eigenvalue weighted by molar-refractivity contribution is -0.166. The Hall–Kier alpha value is -3.26. The minimum atomic E-state index is -1.03. The van der Waals surface area contributed by atoms with Gasteiger partial charge in [0, 0.05) is 30.2 Å². The number of hydrogen-bond donors (Lipinski definition) is 0. The van der Waals surface area contributed by atoms with Crippen LogP contribution < -0.4 is 9.47 Å². The van der Waals surface area contributed by atoms with Crippen molar-refractivity contribution in [2.45, 2.75) is 18.6 Å². The van der Waals surface area contributed by atoms with Crippen LogP contribution in [0.15, 0.2) is 78.9 Å². The van der Waals surface area contributed by atoms with Gasteiger partial charge in [0.2, 0.25) is 5.91 Å². The number of rotatable bonds is 10. The SMILES string of the molecule is CN(Cc1ccccc1)C(=O)C[C@@]1(COc2ccc(Cl)cc2)CN(C(=O)COc2ccc(Cl)cc2)CCO1. The molecule has 0 aromatic heterocycles. The van der Waals surface area contributed by atoms with Crippen molar-refractivity contribution in [2.75, 3.05) is 40.0 Å². The second-order valence-corrected chi connectivity index (χ2v) is 10.1. The van der Waals surface area contributed by atoms with Gasteiger partial charge in [0.25, 0.3) is 5.91 Å². The van der Waals surface area contributed by atoms with Crippen LogP contribution in [0, 0.1) is 0 Å². The second kappa shape index (κ2) is 13.0. The molecule has 2 amide bonds. The molecule has 9 heteroatoms. The number of benzene rings is 3. The van der Waals surface area contributed by atoms with Gasteiger partial charge in [-0.15, -0.1) is 0 Å². The Bertz CT molecular complexity index is 1210. The molecule has 200 valence electrons. The predicted molar refractivity (Wildman–Crippen MR) is 147 cm³/mol. The van der Waals surface area contributed by atoms with E-state index < -0.39 is 5.60 Å². The molecule has 7 nitrogen and oxygen atoms in total. The van der Waals surface area contributed by atoms with Crippen molar-refractivity contribution in [1.82, 2.24) is 9.80 Å². The highest BCUT2D eigenvalue weighted by Crippen LogP contribution is 2.27. The molecule has 1 aliphatic rings. The lowest BCUT2D eigenvalue weighted by Gasteiger charge is -2.42. The Kier molecular flexibility index (Phi) is 9.50. The van der Waals surface area contributed by atoms with Crippen molar-refractivity contribution in [1.29, 1.82) is 0 Å². The first kappa shape index (κ1) is 27.8. The summed E-state index contributed by atoms with van der Waals surface area (Å²) in [7, 11) is 1.76. The summed E-state index contributed by atoms with van der Waals surface area (Å²) in [5, 5.41) is 1.18. The van der Waals surface area contributed by atoms with E-state index in [2.05, 4.69) is 0 Å². The van der Waals surface area contributed by atoms with Gasteiger partial charge in [0.05, 0.1) is 19.6 Å². The molecule has 0 unspecified atom stereocenters. The maximum atomic E-state index is 13.3. The summed E-state index contributed by atoms with van der Waals surface area (Å²) < 4.78 is 17.9. The van der Waals surface area contributed by atoms with Gasteiger partial charge in [0.15, 0.2) is 6.61 Å². The summed E-state index contributed by atoms with van der Waals surface area (Å²) in [5.41, 5.74) is -0.00826. The lowest BCUT2D eigenvalue weighted by Crippen LogP contribution is -2.58. The van der Waals surface area contributed by atoms with Crippen molar-refractivity contribution in [3.05, 3.63) is 94.5 Å². The molecule has 3 aromatic rings. The average Bonchev–Trinajstić information content (AvgIpc) is 2.93. The first-order chi connectivity index (χ1) is 18.3. The fourth-order valence-electron chi connectivity index (χ4n) is 4.17. The summed E-state index contributed by atoms with van der Waals surface area (Å²) in [4.78, 5) is 29.7. The summed E-state index contributed by atoms with van der Waals surface area (Å²) >= 11 is 11.9. The van der Waals surface area contributed by atoms with Gasteiger partial charge in [0.1, 0.15) is 23.7 Å². The third kappa shape index (κ3) is 7.87. The summed E-state index contributed by atoms with van der Waals surface area (Å²) in [6.07, 6.45) is 0.0474. The van der Waals surface area contributed by atoms with Gasteiger partial charge in [-0.2, -0.15) is 0 Å². The highest BCUT2D eigenvalue weighted by Gasteiger charge is 2.42. The molecule has 1 saturated heterocycles. The molecule has 0 saturated carbocycles. The molecule has 0 spiro atoms. The highest BCUT2D eigenvalue weighted by atomic mass is 35.5. The van der Waals surface area contributed by atoms with Crippen LogP contribution in [-0.4, -0.2) is 67.2 Å². The van der Waals surface area contributed by atoms with Gasteiger partial charge in [-0.05, 0) is 54.1 Å². The van der Waals surface area contributed by atoms with Crippen LogP contribution in [-0.2, 0) is 20.9 Å². The third-order valence-electron chi connectivity index (χ3n) is 6.25. The van der Waals surface area contributed by atoms with Crippen LogP contribution in [0.4, 0.5) is 0 Å². The Labute approximate surface area is 232 Å². The topological polar surface area (TPSA) is 68.3 Å². The van der Waals surface area contributed by atoms with E-state index in [1.54, 1.807) is 65.4 Å². The Morgan fingerprint density at radius 2 is 1.53 bits per heavy atom. The van der Waals surface area contributed by atoms with Crippen LogP contribution in [0.1, 0.15) is 12.0 Å². The Balaban J connectivity index is 1.45. The minimum Gasteiger partial charge on any atom is -0.490 e. The van der Waals surface area contributed by atoms with Gasteiger partial charge in [-0.3, -0.25) is 9.59 Å². The molecule has 0 N–H and O–H groups in total. The molecule has 0 radical (unpaired) electrons. The molecule has 1 fully saturated rings. The number of ether oxygens (including phenoxy) is 3. The van der Waals surface area contributed by atoms with Crippen molar-refractivity contribution in [3.8, 4) is 11.5 Å². The molecule has 4 rings (SSSR count). The fourth-order valence-corrected chi connectivity index (χ4v) is 4.42. The second-order valence-electron chi connectivity index (χ2n) is 9.24. The van der Waals surface area contributed by atoms with E-state index >= 15 is 0 Å². The van der Waals surface area contributed by atoms with E-state index in [-0.39, 0.29) is 44.6 Å². The van der Waals surface area contributed by atoms with E-state index in [9.17, 15) is 9.59 Å². The van der Waals surface area contributed by atoms with E-state index in [1.165, 1.54) is 0 Å². The molecule has 38 heavy (non-hydrogen) atoms. The van der Waals surface area contributed by atoms with Gasteiger partial charge >= 0.3 is 0 Å². The molecule has 0 aliphatic carbocycles. The van der Waals surface area contributed by atoms with Gasteiger partial charge in [-0.1, -0.05) is 53.5 Å². The molecule has 1 atom stereocenters. The van der Waals surface area contributed by atoms with Crippen molar-refractivity contribution < 1.29 is 23.8 Å². The number of amides is 2. The van der Waals surface area contributed by atoms with Crippen LogP contribution in [0.25, 0.3) is 0 Å². The molecule has 1 aliphatic heterocycles. The standard InChI is InChI=1S/C29H30Cl2N2O5/c1-32(18-22-5-3-2-4-6-22)27(34)17-29(21-37-26-13-9-24(31)10-14-26)20-33(15-16-38-29)28(35)19-36-25-11-7-23(30)8-12-25/h2-14H,15-21H2,1H3/t29-/m0/s1. The molecular weight excluding hydrogens is 527 g/mol. The number of carbonyl (C=O) groups excluding carboxylic acids is 2. The van der Waals surface area contributed by atoms with Crippen molar-refractivity contribution >= 4 is 35.0 Å². The quantitative estimate of drug-likeness (QED) is 0.347. The molecule has 0 bridgehead atoms. The summed E-state index contributed by atoms with van der Waals surface area (Å²) in [6.45, 7) is 1.25. The molecule has 3 aromatic carbocycles. The summed E-state index contributed by atoms with van der Waals surface area (Å²) in [6, 6.07) is 23.6. The largest absolute Gasteiger partial charge is 0.490 e. The Morgan fingerprint density at radius 1 is 0.921 bits per heavy atom. The fraction of sp³-hybridized carbons (Fsp3) is 0.310. The third-order valence-corrected chi connectivity index (χ3v) is 6.76. The van der Waals surface area contributed by atoms with Gasteiger partial charge in [-0.25, -0.2) is 0 Å². The van der Waals surface area contributed by atoms with E-state index in [1.807, 2.05) is 30.3 Å². The maximum Gasteiger partial charge on any atom is 0.260 e. The van der Waals surface area contributed by atoms with Crippen LogP contribution in [0.5, 0.6) is 11.5 Å². The maximum absolute atomic E-state index is 13.3. The first-order valence-electron chi connectivity index (χ1n) is 12.3. The van der Waals surface area contributed by atoms with Gasteiger partial charge < -0.3 is 24.0 Å². The van der Waals surface area contributed by atoms with E-state index in [0.717, 1.165) is 5.56 Å². The zero-order valence-electron chi connectivity index (χ0n) is 21.1. The minimum absolute atomic E-state index is 0.0474. The molecular formula is C29H30Cl2N2O5. The summed E-state index contributed by atoms with van der Waals surface area (Å²) in [5.74, 6) is 0.826. The van der Waals surface area contributed by atoms with Crippen LogP contribution in [0.3, 0.4) is 0 Å². The van der Waals surface area contributed by atoms with Crippen LogP contribution >= 0.6 is 23.2 Å². The zero-order valence-corrected chi connectivity index (χ0v) is 22.7. The molecule has 1 heterocycles. The lowest BCUT2D eigenvalue weighted by atomic mass is 9.96. The zero-order chi connectivity index (χ0) is 27.0. The van der Waals surface area contributed by atoms with E-state index in [0.29, 0.717) is 34.6 Å². The monoisotopic (exact) mass is 556 g/mol. The number of halogens is 2. The van der Waals surface area contributed by atoms with E-state index in [4.69, 9.17) is 37.4 Å². The van der Waals surface area contributed by atoms with Crippen molar-refractivity contribution in [3.63, 3.8) is 0 Å². The Morgan fingerprint density at radius 3 is 2.16 bits per heavy atom. The van der Waals surface area contributed by atoms with Crippen LogP contribution in [0.2, 0.25) is 10.0 Å². The smallest absolute Gasteiger partial charge is 0.260 e. The number of carbonyl (C=O) groups is 2. The number of morpholine rings is 1.